The Morgan fingerprint density at radius 3 is 2.95 bits per heavy atom. The van der Waals surface area contributed by atoms with E-state index in [-0.39, 0.29) is 18.1 Å². The van der Waals surface area contributed by atoms with Gasteiger partial charge in [0.15, 0.2) is 0 Å². The summed E-state index contributed by atoms with van der Waals surface area (Å²) in [5.74, 6) is 0.764. The molecule has 2 saturated heterocycles. The van der Waals surface area contributed by atoms with Crippen molar-refractivity contribution in [2.24, 2.45) is 0 Å². The van der Waals surface area contributed by atoms with Gasteiger partial charge in [-0.25, -0.2) is 4.98 Å². The molecular formula is C16H23N3O2. The standard InChI is InChI=1S/C16H23N3O2/c1-12(14-7-5-11-21-14)18-16(20)13-6-4-8-17-15(13)19-9-2-3-10-19/h4,6,8,12,14H,2-3,5,7,9-11H2,1H3,(H,18,20)/t12-,14-/m1/s1. The molecule has 114 valence electrons. The van der Waals surface area contributed by atoms with E-state index < -0.39 is 0 Å². The van der Waals surface area contributed by atoms with E-state index >= 15 is 0 Å². The van der Waals surface area contributed by atoms with Crippen LogP contribution in [0.4, 0.5) is 5.82 Å². The third kappa shape index (κ3) is 3.18. The van der Waals surface area contributed by atoms with Crippen molar-refractivity contribution in [3.05, 3.63) is 23.9 Å². The van der Waals surface area contributed by atoms with Crippen molar-refractivity contribution in [3.63, 3.8) is 0 Å². The second kappa shape index (κ2) is 6.43. The molecule has 1 aromatic rings. The quantitative estimate of drug-likeness (QED) is 0.921. The maximum Gasteiger partial charge on any atom is 0.255 e. The Labute approximate surface area is 125 Å². The SMILES string of the molecule is C[C@@H](NC(=O)c1cccnc1N1CCCC1)[C@H]1CCCO1. The lowest BCUT2D eigenvalue weighted by molar-refractivity contribution is 0.0712. The van der Waals surface area contributed by atoms with E-state index in [1.54, 1.807) is 6.20 Å². The smallest absolute Gasteiger partial charge is 0.255 e. The van der Waals surface area contributed by atoms with Gasteiger partial charge in [0.1, 0.15) is 5.82 Å². The molecule has 0 spiro atoms. The molecule has 0 radical (unpaired) electrons. The van der Waals surface area contributed by atoms with E-state index in [1.165, 1.54) is 12.8 Å². The molecule has 1 amide bonds. The lowest BCUT2D eigenvalue weighted by Gasteiger charge is -2.23. The molecule has 1 aromatic heterocycles. The topological polar surface area (TPSA) is 54.5 Å². The summed E-state index contributed by atoms with van der Waals surface area (Å²) in [6.45, 7) is 4.79. The second-order valence-electron chi connectivity index (χ2n) is 5.88. The van der Waals surface area contributed by atoms with Gasteiger partial charge in [0.2, 0.25) is 0 Å². The van der Waals surface area contributed by atoms with Gasteiger partial charge in [-0.15, -0.1) is 0 Å². The largest absolute Gasteiger partial charge is 0.376 e. The van der Waals surface area contributed by atoms with Crippen molar-refractivity contribution in [1.29, 1.82) is 0 Å². The molecule has 0 aromatic carbocycles. The first-order valence-electron chi connectivity index (χ1n) is 7.88. The summed E-state index contributed by atoms with van der Waals surface area (Å²) < 4.78 is 5.64. The summed E-state index contributed by atoms with van der Waals surface area (Å²) in [4.78, 5) is 19.2. The van der Waals surface area contributed by atoms with E-state index in [1.807, 2.05) is 19.1 Å². The van der Waals surface area contributed by atoms with Gasteiger partial charge < -0.3 is 15.0 Å². The molecule has 21 heavy (non-hydrogen) atoms. The van der Waals surface area contributed by atoms with Gasteiger partial charge >= 0.3 is 0 Å². The minimum Gasteiger partial charge on any atom is -0.376 e. The number of hydrogen-bond donors (Lipinski definition) is 1. The van der Waals surface area contributed by atoms with Gasteiger partial charge in [-0.2, -0.15) is 0 Å². The van der Waals surface area contributed by atoms with E-state index in [0.29, 0.717) is 5.56 Å². The molecular weight excluding hydrogens is 266 g/mol. The van der Waals surface area contributed by atoms with Crippen LogP contribution in [0.3, 0.4) is 0 Å². The highest BCUT2D eigenvalue weighted by Gasteiger charge is 2.26. The molecule has 0 bridgehead atoms. The van der Waals surface area contributed by atoms with Gasteiger partial charge in [-0.1, -0.05) is 0 Å². The Kier molecular flexibility index (Phi) is 4.39. The average molecular weight is 289 g/mol. The van der Waals surface area contributed by atoms with Gasteiger partial charge in [0.05, 0.1) is 17.7 Å². The molecule has 1 N–H and O–H groups in total. The molecule has 3 rings (SSSR count). The highest BCUT2D eigenvalue weighted by molar-refractivity contribution is 5.99. The van der Waals surface area contributed by atoms with Crippen LogP contribution in [0.1, 0.15) is 43.0 Å². The van der Waals surface area contributed by atoms with Crippen LogP contribution in [0.2, 0.25) is 0 Å². The first-order chi connectivity index (χ1) is 10.3. The minimum atomic E-state index is -0.0481. The first-order valence-corrected chi connectivity index (χ1v) is 7.88. The lowest BCUT2D eigenvalue weighted by Crippen LogP contribution is -2.41. The zero-order chi connectivity index (χ0) is 14.7. The first kappa shape index (κ1) is 14.3. The number of nitrogens with one attached hydrogen (secondary N) is 1. The maximum atomic E-state index is 12.6. The summed E-state index contributed by atoms with van der Waals surface area (Å²) in [6.07, 6.45) is 6.34. The zero-order valence-electron chi connectivity index (χ0n) is 12.5. The number of nitrogens with zero attached hydrogens (tertiary/aromatic N) is 2. The van der Waals surface area contributed by atoms with Gasteiger partial charge in [-0.05, 0) is 44.7 Å². The number of aromatic nitrogens is 1. The van der Waals surface area contributed by atoms with Gasteiger partial charge in [0, 0.05) is 25.9 Å². The molecule has 2 aliphatic rings. The minimum absolute atomic E-state index is 0.0339. The van der Waals surface area contributed by atoms with E-state index in [0.717, 1.165) is 38.4 Å². The number of carbonyl (C=O) groups is 1. The number of pyridine rings is 1. The molecule has 5 nitrogen and oxygen atoms in total. The summed E-state index contributed by atoms with van der Waals surface area (Å²) in [7, 11) is 0. The van der Waals surface area contributed by atoms with Crippen LogP contribution in [0, 0.1) is 0 Å². The Morgan fingerprint density at radius 1 is 1.43 bits per heavy atom. The molecule has 3 heterocycles. The van der Waals surface area contributed by atoms with Crippen molar-refractivity contribution >= 4 is 11.7 Å². The molecule has 0 unspecified atom stereocenters. The molecule has 0 saturated carbocycles. The predicted molar refractivity (Wildman–Crippen MR) is 81.6 cm³/mol. The molecule has 2 fully saturated rings. The molecule has 2 atom stereocenters. The van der Waals surface area contributed by atoms with Crippen LogP contribution in [0.5, 0.6) is 0 Å². The van der Waals surface area contributed by atoms with Gasteiger partial charge in [0.25, 0.3) is 5.91 Å². The Morgan fingerprint density at radius 2 is 2.24 bits per heavy atom. The number of carbonyl (C=O) groups excluding carboxylic acids is 1. The highest BCUT2D eigenvalue weighted by Crippen LogP contribution is 2.22. The number of rotatable bonds is 4. The maximum absolute atomic E-state index is 12.6. The van der Waals surface area contributed by atoms with Crippen LogP contribution >= 0.6 is 0 Å². The summed E-state index contributed by atoms with van der Waals surface area (Å²) in [6, 6.07) is 3.72. The predicted octanol–water partition coefficient (Wildman–Crippen LogP) is 1.98. The fraction of sp³-hybridized carbons (Fsp3) is 0.625. The van der Waals surface area contributed by atoms with Crippen molar-refractivity contribution < 1.29 is 9.53 Å². The Hall–Kier alpha value is -1.62. The number of ether oxygens (including phenoxy) is 1. The normalized spacial score (nSPS) is 23.3. The van der Waals surface area contributed by atoms with Crippen LogP contribution in [-0.2, 0) is 4.74 Å². The summed E-state index contributed by atoms with van der Waals surface area (Å²) in [5, 5.41) is 3.07. The summed E-state index contributed by atoms with van der Waals surface area (Å²) in [5.41, 5.74) is 0.671. The van der Waals surface area contributed by atoms with E-state index in [2.05, 4.69) is 15.2 Å². The number of hydrogen-bond acceptors (Lipinski definition) is 4. The fourth-order valence-corrected chi connectivity index (χ4v) is 3.13. The average Bonchev–Trinajstić information content (AvgIpc) is 3.20. The van der Waals surface area contributed by atoms with Gasteiger partial charge in [-0.3, -0.25) is 4.79 Å². The third-order valence-electron chi connectivity index (χ3n) is 4.32. The highest BCUT2D eigenvalue weighted by atomic mass is 16.5. The molecule has 5 heteroatoms. The number of amides is 1. The molecule has 2 aliphatic heterocycles. The van der Waals surface area contributed by atoms with Crippen LogP contribution in [0.15, 0.2) is 18.3 Å². The molecule has 0 aliphatic carbocycles. The van der Waals surface area contributed by atoms with Crippen molar-refractivity contribution in [2.45, 2.75) is 44.8 Å². The second-order valence-corrected chi connectivity index (χ2v) is 5.88. The van der Waals surface area contributed by atoms with E-state index in [9.17, 15) is 4.79 Å². The number of anilines is 1. The lowest BCUT2D eigenvalue weighted by atomic mass is 10.1. The van der Waals surface area contributed by atoms with Crippen LogP contribution < -0.4 is 10.2 Å². The fourth-order valence-electron chi connectivity index (χ4n) is 3.13. The zero-order valence-corrected chi connectivity index (χ0v) is 12.5. The van der Waals surface area contributed by atoms with Crippen LogP contribution in [0.25, 0.3) is 0 Å². The van der Waals surface area contributed by atoms with Crippen molar-refractivity contribution in [2.75, 3.05) is 24.6 Å². The van der Waals surface area contributed by atoms with Crippen LogP contribution in [-0.4, -0.2) is 42.7 Å². The Balaban J connectivity index is 1.71. The monoisotopic (exact) mass is 289 g/mol. The van der Waals surface area contributed by atoms with Crippen molar-refractivity contribution in [3.8, 4) is 0 Å². The Bertz CT molecular complexity index is 494. The third-order valence-corrected chi connectivity index (χ3v) is 4.32. The summed E-state index contributed by atoms with van der Waals surface area (Å²) >= 11 is 0. The van der Waals surface area contributed by atoms with Crippen molar-refractivity contribution in [1.82, 2.24) is 10.3 Å². The van der Waals surface area contributed by atoms with E-state index in [4.69, 9.17) is 4.74 Å².